The summed E-state index contributed by atoms with van der Waals surface area (Å²) in [5.74, 6) is 1.62. The van der Waals surface area contributed by atoms with Crippen molar-refractivity contribution in [1.82, 2.24) is 10.2 Å². The van der Waals surface area contributed by atoms with E-state index in [1.807, 2.05) is 0 Å². The van der Waals surface area contributed by atoms with E-state index in [2.05, 4.69) is 37.9 Å². The molecule has 0 aromatic heterocycles. The van der Waals surface area contributed by atoms with Gasteiger partial charge in [-0.1, -0.05) is 27.7 Å². The monoisotopic (exact) mass is 256 g/mol. The molecular weight excluding hydrogens is 224 g/mol. The summed E-state index contributed by atoms with van der Waals surface area (Å²) in [7, 11) is 0. The highest BCUT2D eigenvalue weighted by atomic mass is 16.3. The van der Waals surface area contributed by atoms with Gasteiger partial charge in [0.1, 0.15) is 0 Å². The van der Waals surface area contributed by atoms with Gasteiger partial charge in [0.05, 0.1) is 6.10 Å². The van der Waals surface area contributed by atoms with E-state index >= 15 is 0 Å². The van der Waals surface area contributed by atoms with Gasteiger partial charge in [0.2, 0.25) is 0 Å². The Labute approximate surface area is 113 Å². The van der Waals surface area contributed by atoms with E-state index in [1.54, 1.807) is 0 Å². The lowest BCUT2D eigenvalue weighted by Crippen LogP contribution is -2.45. The van der Waals surface area contributed by atoms with Crippen LogP contribution < -0.4 is 5.32 Å². The molecule has 3 heteroatoms. The molecule has 1 aliphatic rings. The number of aliphatic hydroxyl groups is 1. The van der Waals surface area contributed by atoms with E-state index in [0.717, 1.165) is 38.0 Å². The Kier molecular flexibility index (Phi) is 7.20. The third-order valence-electron chi connectivity index (χ3n) is 4.41. The van der Waals surface area contributed by atoms with Crippen LogP contribution in [0.25, 0.3) is 0 Å². The van der Waals surface area contributed by atoms with Gasteiger partial charge >= 0.3 is 0 Å². The third-order valence-corrected chi connectivity index (χ3v) is 4.41. The minimum Gasteiger partial charge on any atom is -0.390 e. The maximum absolute atomic E-state index is 10.0. The Morgan fingerprint density at radius 3 is 2.44 bits per heavy atom. The van der Waals surface area contributed by atoms with Crippen LogP contribution in [0.5, 0.6) is 0 Å². The molecule has 0 bridgehead atoms. The van der Waals surface area contributed by atoms with E-state index in [0.29, 0.717) is 6.04 Å². The minimum atomic E-state index is -0.239. The summed E-state index contributed by atoms with van der Waals surface area (Å²) in [6.45, 7) is 12.5. The molecule has 3 nitrogen and oxygen atoms in total. The predicted molar refractivity (Wildman–Crippen MR) is 77.8 cm³/mol. The van der Waals surface area contributed by atoms with E-state index in [4.69, 9.17) is 0 Å². The number of nitrogens with one attached hydrogen (secondary N) is 1. The summed E-state index contributed by atoms with van der Waals surface area (Å²) >= 11 is 0. The summed E-state index contributed by atoms with van der Waals surface area (Å²) in [4.78, 5) is 2.28. The van der Waals surface area contributed by atoms with Crippen LogP contribution >= 0.6 is 0 Å². The van der Waals surface area contributed by atoms with E-state index < -0.39 is 0 Å². The highest BCUT2D eigenvalue weighted by Crippen LogP contribution is 2.28. The second-order valence-corrected chi connectivity index (χ2v) is 6.05. The maximum atomic E-state index is 10.0. The van der Waals surface area contributed by atoms with Crippen molar-refractivity contribution in [3.05, 3.63) is 0 Å². The second kappa shape index (κ2) is 8.13. The lowest BCUT2D eigenvalue weighted by molar-refractivity contribution is 0.106. The number of nitrogens with zero attached hydrogens (tertiary/aromatic N) is 1. The van der Waals surface area contributed by atoms with E-state index in [9.17, 15) is 5.11 Å². The first-order valence-electron chi connectivity index (χ1n) is 7.70. The van der Waals surface area contributed by atoms with Crippen molar-refractivity contribution in [3.63, 3.8) is 0 Å². The van der Waals surface area contributed by atoms with Crippen LogP contribution in [0.2, 0.25) is 0 Å². The fourth-order valence-corrected chi connectivity index (χ4v) is 3.10. The number of aliphatic hydroxyl groups excluding tert-OH is 1. The molecule has 4 unspecified atom stereocenters. The van der Waals surface area contributed by atoms with Gasteiger partial charge in [-0.3, -0.25) is 0 Å². The molecule has 108 valence electrons. The average molecular weight is 256 g/mol. The molecule has 1 saturated carbocycles. The van der Waals surface area contributed by atoms with Crippen LogP contribution in [0.1, 0.15) is 47.0 Å². The molecule has 1 rings (SSSR count). The summed E-state index contributed by atoms with van der Waals surface area (Å²) in [6, 6.07) is 0.604. The molecule has 0 radical (unpaired) electrons. The number of hydrogen-bond acceptors (Lipinski definition) is 3. The van der Waals surface area contributed by atoms with Crippen molar-refractivity contribution in [2.45, 2.75) is 59.1 Å². The number of likely N-dealkylation sites (N-methyl/N-ethyl adjacent to an activating group) is 1. The van der Waals surface area contributed by atoms with Gasteiger partial charge in [-0.05, 0) is 44.2 Å². The average Bonchev–Trinajstić information content (AvgIpc) is 2.35. The SMILES string of the molecule is CCN(CC)CC(O)CNC1CCC(C)CC1C. The van der Waals surface area contributed by atoms with E-state index in [-0.39, 0.29) is 6.10 Å². The molecule has 0 saturated heterocycles. The molecule has 0 heterocycles. The van der Waals surface area contributed by atoms with Crippen molar-refractivity contribution >= 4 is 0 Å². The second-order valence-electron chi connectivity index (χ2n) is 6.05. The number of hydrogen-bond donors (Lipinski definition) is 2. The molecule has 0 aliphatic heterocycles. The lowest BCUT2D eigenvalue weighted by Gasteiger charge is -2.34. The van der Waals surface area contributed by atoms with Gasteiger partial charge in [0.25, 0.3) is 0 Å². The summed E-state index contributed by atoms with van der Waals surface area (Å²) in [5, 5.41) is 13.6. The van der Waals surface area contributed by atoms with Crippen molar-refractivity contribution in [2.75, 3.05) is 26.2 Å². The molecule has 2 N–H and O–H groups in total. The Morgan fingerprint density at radius 2 is 1.89 bits per heavy atom. The summed E-state index contributed by atoms with van der Waals surface area (Å²) in [6.07, 6.45) is 3.68. The quantitative estimate of drug-likeness (QED) is 0.732. The Bertz CT molecular complexity index is 219. The molecule has 0 amide bonds. The topological polar surface area (TPSA) is 35.5 Å². The van der Waals surface area contributed by atoms with Crippen molar-refractivity contribution in [1.29, 1.82) is 0 Å². The zero-order valence-electron chi connectivity index (χ0n) is 12.7. The van der Waals surface area contributed by atoms with Crippen LogP contribution in [0.4, 0.5) is 0 Å². The van der Waals surface area contributed by atoms with Crippen LogP contribution in [0.3, 0.4) is 0 Å². The van der Waals surface area contributed by atoms with Gasteiger partial charge < -0.3 is 15.3 Å². The van der Waals surface area contributed by atoms with Gasteiger partial charge in [-0.25, -0.2) is 0 Å². The fraction of sp³-hybridized carbons (Fsp3) is 1.00. The van der Waals surface area contributed by atoms with Gasteiger partial charge in [-0.15, -0.1) is 0 Å². The predicted octanol–water partition coefficient (Wildman–Crippen LogP) is 2.10. The first kappa shape index (κ1) is 15.9. The van der Waals surface area contributed by atoms with Crippen molar-refractivity contribution < 1.29 is 5.11 Å². The Hall–Kier alpha value is -0.120. The fourth-order valence-electron chi connectivity index (χ4n) is 3.10. The zero-order valence-corrected chi connectivity index (χ0v) is 12.7. The molecule has 4 atom stereocenters. The molecule has 0 aromatic rings. The van der Waals surface area contributed by atoms with E-state index in [1.165, 1.54) is 19.3 Å². The Morgan fingerprint density at radius 1 is 1.22 bits per heavy atom. The molecule has 18 heavy (non-hydrogen) atoms. The first-order valence-corrected chi connectivity index (χ1v) is 7.70. The molecule has 1 aliphatic carbocycles. The first-order chi connectivity index (χ1) is 8.56. The van der Waals surface area contributed by atoms with Gasteiger partial charge in [0, 0.05) is 19.1 Å². The van der Waals surface area contributed by atoms with Crippen LogP contribution in [0.15, 0.2) is 0 Å². The normalized spacial score (nSPS) is 30.7. The van der Waals surface area contributed by atoms with Crippen molar-refractivity contribution in [2.24, 2.45) is 11.8 Å². The Balaban J connectivity index is 2.23. The molecular formula is C15H32N2O. The summed E-state index contributed by atoms with van der Waals surface area (Å²) < 4.78 is 0. The van der Waals surface area contributed by atoms with Crippen molar-refractivity contribution in [3.8, 4) is 0 Å². The molecule has 0 spiro atoms. The standard InChI is InChI=1S/C15H32N2O/c1-5-17(6-2)11-14(18)10-16-15-8-7-12(3)9-13(15)4/h12-16,18H,5-11H2,1-4H3. The smallest absolute Gasteiger partial charge is 0.0791 e. The highest BCUT2D eigenvalue weighted by molar-refractivity contribution is 4.82. The number of rotatable bonds is 7. The zero-order chi connectivity index (χ0) is 13.5. The molecule has 1 fully saturated rings. The van der Waals surface area contributed by atoms with Crippen LogP contribution in [-0.2, 0) is 0 Å². The lowest BCUT2D eigenvalue weighted by atomic mass is 9.80. The van der Waals surface area contributed by atoms with Gasteiger partial charge in [0.15, 0.2) is 0 Å². The summed E-state index contributed by atoms with van der Waals surface area (Å²) in [5.41, 5.74) is 0. The highest BCUT2D eigenvalue weighted by Gasteiger charge is 2.25. The molecule has 0 aromatic carbocycles. The largest absolute Gasteiger partial charge is 0.390 e. The van der Waals surface area contributed by atoms with Crippen LogP contribution in [-0.4, -0.2) is 48.3 Å². The third kappa shape index (κ3) is 5.25. The van der Waals surface area contributed by atoms with Gasteiger partial charge in [-0.2, -0.15) is 0 Å². The minimum absolute atomic E-state index is 0.239. The van der Waals surface area contributed by atoms with Crippen LogP contribution in [0, 0.1) is 11.8 Å². The maximum Gasteiger partial charge on any atom is 0.0791 e.